The van der Waals surface area contributed by atoms with Crippen LogP contribution in [-0.4, -0.2) is 49.3 Å². The van der Waals surface area contributed by atoms with Crippen molar-refractivity contribution in [2.24, 2.45) is 0 Å². The van der Waals surface area contributed by atoms with Gasteiger partial charge in [0.15, 0.2) is 0 Å². The second kappa shape index (κ2) is 10.1. The molecule has 98 valence electrons. The van der Waals surface area contributed by atoms with E-state index >= 15 is 0 Å². The van der Waals surface area contributed by atoms with Crippen LogP contribution in [0.15, 0.2) is 0 Å². The van der Waals surface area contributed by atoms with Crippen LogP contribution in [0.5, 0.6) is 0 Å². The first kappa shape index (κ1) is 15.9. The number of hydrogen-bond donors (Lipinski definition) is 0. The molecule has 2 aliphatic rings. The molecule has 0 aromatic rings. The van der Waals surface area contributed by atoms with E-state index in [1.54, 1.807) is 0 Å². The maximum Gasteiger partial charge on any atom is 0.0698 e. The zero-order valence-corrected chi connectivity index (χ0v) is 11.8. The number of nitrogens with zero attached hydrogens (tertiary/aromatic N) is 2. The Hall–Kier alpha value is -0.120. The lowest BCUT2D eigenvalue weighted by atomic mass is 10.3. The molecule has 2 saturated heterocycles. The summed E-state index contributed by atoms with van der Waals surface area (Å²) in [5.74, 6) is 0. The van der Waals surface area contributed by atoms with E-state index in [4.69, 9.17) is 4.84 Å². The Morgan fingerprint density at radius 3 is 1.69 bits per heavy atom. The number of rotatable bonds is 1. The van der Waals surface area contributed by atoms with Crippen molar-refractivity contribution in [3.8, 4) is 0 Å². The first-order valence-corrected chi connectivity index (χ1v) is 6.78. The number of hydroxylamine groups is 2. The maximum atomic E-state index is 4.99. The molecule has 2 fully saturated rings. The highest BCUT2D eigenvalue weighted by molar-refractivity contribution is 4.68. The highest BCUT2D eigenvalue weighted by Crippen LogP contribution is 2.09. The Bertz CT molecular complexity index is 139. The molecule has 0 aromatic carbocycles. The van der Waals surface area contributed by atoms with Gasteiger partial charge in [-0.25, -0.2) is 0 Å². The van der Waals surface area contributed by atoms with E-state index < -0.39 is 0 Å². The van der Waals surface area contributed by atoms with Gasteiger partial charge in [0.05, 0.1) is 6.61 Å². The van der Waals surface area contributed by atoms with Crippen LogP contribution in [0.4, 0.5) is 0 Å². The van der Waals surface area contributed by atoms with E-state index in [-0.39, 0.29) is 0 Å². The van der Waals surface area contributed by atoms with Crippen LogP contribution in [0, 0.1) is 0 Å². The quantitative estimate of drug-likeness (QED) is 0.689. The molecule has 0 bridgehead atoms. The van der Waals surface area contributed by atoms with Gasteiger partial charge in [0.1, 0.15) is 0 Å². The summed E-state index contributed by atoms with van der Waals surface area (Å²) < 4.78 is 0. The fourth-order valence-electron chi connectivity index (χ4n) is 1.83. The van der Waals surface area contributed by atoms with Crippen molar-refractivity contribution in [3.63, 3.8) is 0 Å². The summed E-state index contributed by atoms with van der Waals surface area (Å²) in [4.78, 5) is 7.51. The van der Waals surface area contributed by atoms with Crippen LogP contribution >= 0.6 is 0 Å². The minimum Gasteiger partial charge on any atom is -0.301 e. The molecular formula is C13H30N2O. The average molecular weight is 230 g/mol. The van der Waals surface area contributed by atoms with Gasteiger partial charge < -0.3 is 4.90 Å². The Morgan fingerprint density at radius 2 is 1.50 bits per heavy atom. The third-order valence-corrected chi connectivity index (χ3v) is 2.80. The Labute approximate surface area is 102 Å². The van der Waals surface area contributed by atoms with E-state index in [9.17, 15) is 0 Å². The van der Waals surface area contributed by atoms with E-state index in [2.05, 4.69) is 18.7 Å². The van der Waals surface area contributed by atoms with Crippen LogP contribution in [0.2, 0.25) is 0 Å². The maximum absolute atomic E-state index is 4.99. The Kier molecular flexibility index (Phi) is 9.99. The van der Waals surface area contributed by atoms with Crippen LogP contribution in [0.25, 0.3) is 0 Å². The summed E-state index contributed by atoms with van der Waals surface area (Å²) in [6.07, 6.45) is 4.02. The van der Waals surface area contributed by atoms with Gasteiger partial charge in [-0.15, -0.1) is 0 Å². The standard InChI is InChI=1S/C7H15N.C4H9NO.C2H6/c1-7(2)8-5-3-4-6-8;1-5-3-2-4-6-5;1-2/h7H,3-6H2,1-2H3;2-4H2,1H3;1-2H3. The van der Waals surface area contributed by atoms with Gasteiger partial charge in [-0.2, -0.15) is 5.06 Å². The Balaban J connectivity index is 0.000000251. The van der Waals surface area contributed by atoms with E-state index in [0.29, 0.717) is 0 Å². The summed E-state index contributed by atoms with van der Waals surface area (Å²) in [5.41, 5.74) is 0. The van der Waals surface area contributed by atoms with Gasteiger partial charge in [-0.3, -0.25) is 4.84 Å². The zero-order chi connectivity index (χ0) is 12.4. The molecule has 16 heavy (non-hydrogen) atoms. The molecule has 3 heteroatoms. The molecule has 3 nitrogen and oxygen atoms in total. The molecule has 2 rings (SSSR count). The summed E-state index contributed by atoms with van der Waals surface area (Å²) >= 11 is 0. The molecule has 0 spiro atoms. The normalized spacial score (nSPS) is 21.4. The lowest BCUT2D eigenvalue weighted by Crippen LogP contribution is -2.26. The van der Waals surface area contributed by atoms with E-state index in [1.807, 2.05) is 26.0 Å². The molecule has 0 amide bonds. The van der Waals surface area contributed by atoms with E-state index in [1.165, 1.54) is 32.4 Å². The lowest BCUT2D eigenvalue weighted by Gasteiger charge is -2.18. The summed E-state index contributed by atoms with van der Waals surface area (Å²) in [7, 11) is 1.95. The van der Waals surface area contributed by atoms with Gasteiger partial charge >= 0.3 is 0 Å². The number of likely N-dealkylation sites (tertiary alicyclic amines) is 1. The van der Waals surface area contributed by atoms with Crippen molar-refractivity contribution in [2.45, 2.75) is 53.0 Å². The smallest absolute Gasteiger partial charge is 0.0698 e. The predicted molar refractivity (Wildman–Crippen MR) is 70.5 cm³/mol. The molecule has 0 N–H and O–H groups in total. The molecule has 0 aliphatic carbocycles. The molecule has 2 aliphatic heterocycles. The van der Waals surface area contributed by atoms with Gasteiger partial charge in [0.25, 0.3) is 0 Å². The van der Waals surface area contributed by atoms with Crippen molar-refractivity contribution < 1.29 is 4.84 Å². The highest BCUT2D eigenvalue weighted by atomic mass is 16.7. The first-order valence-electron chi connectivity index (χ1n) is 6.78. The average Bonchev–Trinajstić information content (AvgIpc) is 2.93. The van der Waals surface area contributed by atoms with Crippen LogP contribution < -0.4 is 0 Å². The third kappa shape index (κ3) is 7.20. The topological polar surface area (TPSA) is 15.7 Å². The second-order valence-corrected chi connectivity index (χ2v) is 4.38. The molecule has 0 saturated carbocycles. The van der Waals surface area contributed by atoms with E-state index in [0.717, 1.165) is 19.2 Å². The van der Waals surface area contributed by atoms with Crippen LogP contribution in [-0.2, 0) is 4.84 Å². The molecule has 0 radical (unpaired) electrons. The lowest BCUT2D eigenvalue weighted by molar-refractivity contribution is -0.0867. The summed E-state index contributed by atoms with van der Waals surface area (Å²) in [5, 5.41) is 1.86. The minimum absolute atomic E-state index is 0.775. The molecule has 0 aromatic heterocycles. The second-order valence-electron chi connectivity index (χ2n) is 4.38. The molecule has 0 atom stereocenters. The zero-order valence-electron chi connectivity index (χ0n) is 11.8. The summed E-state index contributed by atoms with van der Waals surface area (Å²) in [6.45, 7) is 13.2. The highest BCUT2D eigenvalue weighted by Gasteiger charge is 2.13. The Morgan fingerprint density at radius 1 is 0.938 bits per heavy atom. The number of hydrogen-bond acceptors (Lipinski definition) is 3. The fourth-order valence-corrected chi connectivity index (χ4v) is 1.83. The molecule has 0 unspecified atom stereocenters. The largest absolute Gasteiger partial charge is 0.301 e. The van der Waals surface area contributed by atoms with Gasteiger partial charge in [0, 0.05) is 19.6 Å². The van der Waals surface area contributed by atoms with Crippen molar-refractivity contribution in [2.75, 3.05) is 33.3 Å². The summed E-state index contributed by atoms with van der Waals surface area (Å²) in [6, 6.07) is 0.775. The van der Waals surface area contributed by atoms with Crippen molar-refractivity contribution in [1.29, 1.82) is 0 Å². The van der Waals surface area contributed by atoms with Crippen molar-refractivity contribution >= 4 is 0 Å². The van der Waals surface area contributed by atoms with Gasteiger partial charge in [-0.05, 0) is 46.2 Å². The minimum atomic E-state index is 0.775. The first-order chi connectivity index (χ1) is 7.70. The fraction of sp³-hybridized carbons (Fsp3) is 1.00. The van der Waals surface area contributed by atoms with Gasteiger partial charge in [-0.1, -0.05) is 13.8 Å². The predicted octanol–water partition coefficient (Wildman–Crippen LogP) is 2.77. The SMILES string of the molecule is CC.CC(C)N1CCCC1.CN1CCCO1. The van der Waals surface area contributed by atoms with Crippen molar-refractivity contribution in [1.82, 2.24) is 9.96 Å². The third-order valence-electron chi connectivity index (χ3n) is 2.80. The van der Waals surface area contributed by atoms with Crippen molar-refractivity contribution in [3.05, 3.63) is 0 Å². The van der Waals surface area contributed by atoms with Gasteiger partial charge in [0.2, 0.25) is 0 Å². The molecule has 2 heterocycles. The van der Waals surface area contributed by atoms with Crippen LogP contribution in [0.1, 0.15) is 47.0 Å². The monoisotopic (exact) mass is 230 g/mol. The van der Waals surface area contributed by atoms with Crippen LogP contribution in [0.3, 0.4) is 0 Å². The molecular weight excluding hydrogens is 200 g/mol.